The van der Waals surface area contributed by atoms with Crippen LogP contribution >= 0.6 is 11.3 Å². The van der Waals surface area contributed by atoms with Crippen molar-refractivity contribution < 1.29 is 9.13 Å². The van der Waals surface area contributed by atoms with Gasteiger partial charge in [-0.25, -0.2) is 9.37 Å². The van der Waals surface area contributed by atoms with E-state index in [2.05, 4.69) is 17.2 Å². The van der Waals surface area contributed by atoms with E-state index in [1.165, 1.54) is 6.07 Å². The maximum absolute atomic E-state index is 14.1. The van der Waals surface area contributed by atoms with E-state index >= 15 is 0 Å². The molecule has 2 rings (SSSR count). The number of aromatic nitrogens is 1. The molecule has 0 aliphatic rings. The van der Waals surface area contributed by atoms with Crippen molar-refractivity contribution in [2.75, 3.05) is 6.54 Å². The highest BCUT2D eigenvalue weighted by atomic mass is 32.1. The topological polar surface area (TPSA) is 34.1 Å². The van der Waals surface area contributed by atoms with Crippen molar-refractivity contribution >= 4 is 11.3 Å². The Morgan fingerprint density at radius 2 is 2.24 bits per heavy atom. The van der Waals surface area contributed by atoms with Gasteiger partial charge in [0.05, 0.1) is 10.7 Å². The lowest BCUT2D eigenvalue weighted by molar-refractivity contribution is 0.300. The SMILES string of the molecule is CCCNC(C)c1ccc(OCc2csc(C)n2)cc1F. The lowest BCUT2D eigenvalue weighted by Gasteiger charge is -2.15. The fourth-order valence-corrected chi connectivity index (χ4v) is 2.65. The summed E-state index contributed by atoms with van der Waals surface area (Å²) in [5.74, 6) is 0.294. The molecule has 1 N–H and O–H groups in total. The van der Waals surface area contributed by atoms with Gasteiger partial charge in [0.25, 0.3) is 0 Å². The monoisotopic (exact) mass is 308 g/mol. The van der Waals surface area contributed by atoms with Crippen LogP contribution in [0.25, 0.3) is 0 Å². The summed E-state index contributed by atoms with van der Waals surface area (Å²) < 4.78 is 19.7. The molecule has 2 aromatic rings. The van der Waals surface area contributed by atoms with Gasteiger partial charge in [-0.1, -0.05) is 13.0 Å². The van der Waals surface area contributed by atoms with Gasteiger partial charge >= 0.3 is 0 Å². The van der Waals surface area contributed by atoms with E-state index in [-0.39, 0.29) is 11.9 Å². The normalized spacial score (nSPS) is 12.4. The number of hydrogen-bond donors (Lipinski definition) is 1. The zero-order chi connectivity index (χ0) is 15.2. The number of ether oxygens (including phenoxy) is 1. The summed E-state index contributed by atoms with van der Waals surface area (Å²) in [5, 5.41) is 6.24. The first-order chi connectivity index (χ1) is 10.1. The molecule has 1 aromatic heterocycles. The molecule has 1 unspecified atom stereocenters. The van der Waals surface area contributed by atoms with Crippen LogP contribution in [0.5, 0.6) is 5.75 Å². The minimum Gasteiger partial charge on any atom is -0.487 e. The van der Waals surface area contributed by atoms with E-state index in [0.29, 0.717) is 17.9 Å². The number of halogens is 1. The second-order valence-corrected chi connectivity index (χ2v) is 6.07. The van der Waals surface area contributed by atoms with Crippen LogP contribution in [0.4, 0.5) is 4.39 Å². The number of hydrogen-bond acceptors (Lipinski definition) is 4. The highest BCUT2D eigenvalue weighted by Gasteiger charge is 2.11. The summed E-state index contributed by atoms with van der Waals surface area (Å²) in [6.07, 6.45) is 1.03. The molecule has 1 aromatic carbocycles. The molecule has 0 radical (unpaired) electrons. The van der Waals surface area contributed by atoms with E-state index < -0.39 is 0 Å². The van der Waals surface area contributed by atoms with Gasteiger partial charge in [-0.2, -0.15) is 0 Å². The van der Waals surface area contributed by atoms with Crippen molar-refractivity contribution in [3.63, 3.8) is 0 Å². The van der Waals surface area contributed by atoms with Crippen LogP contribution in [-0.4, -0.2) is 11.5 Å². The molecule has 0 saturated carbocycles. The lowest BCUT2D eigenvalue weighted by atomic mass is 10.1. The molecule has 0 bridgehead atoms. The first-order valence-electron chi connectivity index (χ1n) is 7.16. The summed E-state index contributed by atoms with van der Waals surface area (Å²) in [5.41, 5.74) is 1.54. The Bertz CT molecular complexity index is 585. The highest BCUT2D eigenvalue weighted by molar-refractivity contribution is 7.09. The molecular weight excluding hydrogens is 287 g/mol. The molecule has 0 spiro atoms. The van der Waals surface area contributed by atoms with Gasteiger partial charge in [-0.05, 0) is 32.9 Å². The molecular formula is C16H21FN2OS. The Morgan fingerprint density at radius 1 is 1.43 bits per heavy atom. The summed E-state index contributed by atoms with van der Waals surface area (Å²) in [6.45, 7) is 7.25. The molecule has 0 aliphatic heterocycles. The van der Waals surface area contributed by atoms with E-state index in [1.54, 1.807) is 17.4 Å². The Kier molecular flexibility index (Phi) is 5.70. The Balaban J connectivity index is 1.98. The quantitative estimate of drug-likeness (QED) is 0.831. The Morgan fingerprint density at radius 3 is 2.86 bits per heavy atom. The summed E-state index contributed by atoms with van der Waals surface area (Å²) in [6, 6.07) is 5.03. The number of thiazole rings is 1. The number of nitrogens with zero attached hydrogens (tertiary/aromatic N) is 1. The molecule has 0 fully saturated rings. The fourth-order valence-electron chi connectivity index (χ4n) is 2.05. The van der Waals surface area contributed by atoms with Crippen molar-refractivity contribution in [1.82, 2.24) is 10.3 Å². The summed E-state index contributed by atoms with van der Waals surface area (Å²) in [4.78, 5) is 4.32. The van der Waals surface area contributed by atoms with Gasteiger partial charge in [-0.3, -0.25) is 0 Å². The molecule has 1 atom stereocenters. The molecule has 3 nitrogen and oxygen atoms in total. The second kappa shape index (κ2) is 7.52. The number of rotatable bonds is 7. The van der Waals surface area contributed by atoms with Crippen LogP contribution in [0.3, 0.4) is 0 Å². The number of aryl methyl sites for hydroxylation is 1. The van der Waals surface area contributed by atoms with E-state index in [1.807, 2.05) is 25.3 Å². The zero-order valence-corrected chi connectivity index (χ0v) is 13.5. The lowest BCUT2D eigenvalue weighted by Crippen LogP contribution is -2.20. The maximum Gasteiger partial charge on any atom is 0.131 e. The van der Waals surface area contributed by atoms with Crippen LogP contribution in [0.1, 0.15) is 42.6 Å². The Labute approximate surface area is 129 Å². The largest absolute Gasteiger partial charge is 0.487 e. The van der Waals surface area contributed by atoms with Crippen molar-refractivity contribution in [3.05, 3.63) is 45.7 Å². The number of nitrogens with one attached hydrogen (secondary N) is 1. The predicted octanol–water partition coefficient (Wildman–Crippen LogP) is 4.23. The molecule has 0 aliphatic carbocycles. The van der Waals surface area contributed by atoms with Crippen molar-refractivity contribution in [3.8, 4) is 5.75 Å². The fraction of sp³-hybridized carbons (Fsp3) is 0.438. The second-order valence-electron chi connectivity index (χ2n) is 5.01. The van der Waals surface area contributed by atoms with Crippen molar-refractivity contribution in [2.24, 2.45) is 0 Å². The van der Waals surface area contributed by atoms with E-state index in [0.717, 1.165) is 23.7 Å². The van der Waals surface area contributed by atoms with Crippen LogP contribution in [0, 0.1) is 12.7 Å². The van der Waals surface area contributed by atoms with Crippen molar-refractivity contribution in [1.29, 1.82) is 0 Å². The van der Waals surface area contributed by atoms with Gasteiger partial charge in [0, 0.05) is 23.1 Å². The average molecular weight is 308 g/mol. The third kappa shape index (κ3) is 4.51. The van der Waals surface area contributed by atoms with E-state index in [9.17, 15) is 4.39 Å². The summed E-state index contributed by atoms with van der Waals surface area (Å²) in [7, 11) is 0. The molecule has 1 heterocycles. The highest BCUT2D eigenvalue weighted by Crippen LogP contribution is 2.22. The third-order valence-corrected chi connectivity index (χ3v) is 4.01. The molecule has 5 heteroatoms. The molecule has 0 saturated heterocycles. The third-order valence-electron chi connectivity index (χ3n) is 3.19. The van der Waals surface area contributed by atoms with E-state index in [4.69, 9.17) is 4.74 Å². The van der Waals surface area contributed by atoms with Gasteiger partial charge in [-0.15, -0.1) is 11.3 Å². The van der Waals surface area contributed by atoms with Crippen LogP contribution in [0.2, 0.25) is 0 Å². The first-order valence-corrected chi connectivity index (χ1v) is 8.04. The van der Waals surface area contributed by atoms with Crippen LogP contribution in [0.15, 0.2) is 23.6 Å². The first kappa shape index (κ1) is 15.9. The minimum atomic E-state index is -0.238. The summed E-state index contributed by atoms with van der Waals surface area (Å²) >= 11 is 1.58. The zero-order valence-electron chi connectivity index (χ0n) is 12.6. The van der Waals surface area contributed by atoms with Crippen molar-refractivity contribution in [2.45, 2.75) is 39.8 Å². The Hall–Kier alpha value is -1.46. The molecule has 21 heavy (non-hydrogen) atoms. The van der Waals surface area contributed by atoms with Gasteiger partial charge in [0.2, 0.25) is 0 Å². The predicted molar refractivity (Wildman–Crippen MR) is 84.3 cm³/mol. The molecule has 0 amide bonds. The standard InChI is InChI=1S/C16H21FN2OS/c1-4-7-18-11(2)15-6-5-14(8-16(15)17)20-9-13-10-21-12(3)19-13/h5-6,8,10-11,18H,4,7,9H2,1-3H3. The van der Waals surface area contributed by atoms with Crippen LogP contribution < -0.4 is 10.1 Å². The van der Waals surface area contributed by atoms with Crippen LogP contribution in [-0.2, 0) is 6.61 Å². The smallest absolute Gasteiger partial charge is 0.131 e. The minimum absolute atomic E-state index is 0.000176. The molecule has 114 valence electrons. The maximum atomic E-state index is 14.1. The average Bonchev–Trinajstić information content (AvgIpc) is 2.88. The van der Waals surface area contributed by atoms with Gasteiger partial charge in [0.1, 0.15) is 18.2 Å². The number of benzene rings is 1. The van der Waals surface area contributed by atoms with Gasteiger partial charge in [0.15, 0.2) is 0 Å². The van der Waals surface area contributed by atoms with Gasteiger partial charge < -0.3 is 10.1 Å².